The summed E-state index contributed by atoms with van der Waals surface area (Å²) in [5.74, 6) is -2.00. The molecule has 2 rings (SSSR count). The maximum Gasteiger partial charge on any atom is 0.447 e. The van der Waals surface area contributed by atoms with Crippen LogP contribution in [0.3, 0.4) is 0 Å². The zero-order chi connectivity index (χ0) is 25.1. The molecule has 1 aromatic rings. The lowest BCUT2D eigenvalue weighted by Crippen LogP contribution is -2.73. The van der Waals surface area contributed by atoms with Gasteiger partial charge in [-0.05, 0) is 12.1 Å². The summed E-state index contributed by atoms with van der Waals surface area (Å²) >= 11 is 0. The fourth-order valence-electron chi connectivity index (χ4n) is 2.84. The molecule has 0 aromatic heterocycles. The predicted octanol–water partition coefficient (Wildman–Crippen LogP) is 4.74. The van der Waals surface area contributed by atoms with Gasteiger partial charge >= 0.3 is 30.4 Å². The topological polar surface area (TPSA) is 49.8 Å². The van der Waals surface area contributed by atoms with E-state index in [4.69, 9.17) is 0 Å². The molecule has 0 saturated carbocycles. The van der Waals surface area contributed by atoms with Gasteiger partial charge in [-0.3, -0.25) is 9.69 Å². The second-order valence-electron chi connectivity index (χ2n) is 6.43. The third kappa shape index (κ3) is 3.58. The minimum Gasteiger partial charge on any atom is -0.369 e. The smallest absolute Gasteiger partial charge is 0.369 e. The van der Waals surface area contributed by atoms with Crippen LogP contribution in [0.1, 0.15) is 5.56 Å². The Hall–Kier alpha value is -2.49. The van der Waals surface area contributed by atoms with E-state index in [1.807, 2.05) is 0 Å². The fraction of sp³-hybridized carbons (Fsp3) is 0.438. The van der Waals surface area contributed by atoms with Crippen LogP contribution in [0, 0.1) is 0 Å². The maximum atomic E-state index is 13.5. The number of rotatable bonds is 2. The molecular weight excluding hydrogens is 482 g/mol. The highest BCUT2D eigenvalue weighted by Crippen LogP contribution is 2.53. The molecule has 1 aliphatic rings. The Kier molecular flexibility index (Phi) is 5.85. The van der Waals surface area contributed by atoms with Gasteiger partial charge in [0.1, 0.15) is 0 Å². The molecule has 1 N–H and O–H groups in total. The number of benzene rings is 1. The van der Waals surface area contributed by atoms with Crippen LogP contribution < -0.4 is 4.90 Å². The van der Waals surface area contributed by atoms with Crippen LogP contribution in [-0.4, -0.2) is 48.1 Å². The number of anilines is 1. The SMILES string of the molecule is C=C1COC(C(F)(F)F)(C(F)(F)F)N(c2ccc(C(O)(C(F)(F)F)C(F)(F)F)cc2)C1=O. The number of ether oxygens (including phenoxy) is 1. The minimum absolute atomic E-state index is 0.0656. The van der Waals surface area contributed by atoms with Gasteiger partial charge in [0, 0.05) is 16.8 Å². The van der Waals surface area contributed by atoms with Gasteiger partial charge in [-0.2, -0.15) is 52.7 Å². The van der Waals surface area contributed by atoms with Crippen LogP contribution in [0.25, 0.3) is 0 Å². The third-order valence-corrected chi connectivity index (χ3v) is 4.41. The molecule has 32 heavy (non-hydrogen) atoms. The molecule has 16 heteroatoms. The molecule has 1 heterocycles. The van der Waals surface area contributed by atoms with Crippen molar-refractivity contribution in [2.45, 2.75) is 36.0 Å². The van der Waals surface area contributed by atoms with Crippen LogP contribution in [0.15, 0.2) is 36.4 Å². The van der Waals surface area contributed by atoms with Crippen molar-refractivity contribution in [2.75, 3.05) is 11.5 Å². The van der Waals surface area contributed by atoms with E-state index in [1.54, 1.807) is 0 Å². The Morgan fingerprint density at radius 3 is 1.59 bits per heavy atom. The van der Waals surface area contributed by atoms with E-state index in [-0.39, 0.29) is 24.3 Å². The summed E-state index contributed by atoms with van der Waals surface area (Å²) in [6, 6.07) is -0.579. The van der Waals surface area contributed by atoms with Gasteiger partial charge in [0.2, 0.25) is 0 Å². The van der Waals surface area contributed by atoms with Crippen LogP contribution in [-0.2, 0) is 15.1 Å². The first-order valence-electron chi connectivity index (χ1n) is 7.89. The molecule has 0 spiro atoms. The van der Waals surface area contributed by atoms with Gasteiger partial charge in [0.15, 0.2) is 0 Å². The molecule has 1 aromatic carbocycles. The molecule has 0 aliphatic carbocycles. The first kappa shape index (κ1) is 25.8. The quantitative estimate of drug-likeness (QED) is 0.481. The van der Waals surface area contributed by atoms with Gasteiger partial charge in [-0.1, -0.05) is 18.7 Å². The van der Waals surface area contributed by atoms with Crippen molar-refractivity contribution in [3.63, 3.8) is 0 Å². The number of alkyl halides is 12. The highest BCUT2D eigenvalue weighted by atomic mass is 19.4. The molecule has 1 saturated heterocycles. The summed E-state index contributed by atoms with van der Waals surface area (Å²) in [7, 11) is 0. The average Bonchev–Trinajstić information content (AvgIpc) is 2.59. The summed E-state index contributed by atoms with van der Waals surface area (Å²) < 4.78 is 162. The Morgan fingerprint density at radius 1 is 0.844 bits per heavy atom. The monoisotopic (exact) mass is 491 g/mol. The van der Waals surface area contributed by atoms with Crippen molar-refractivity contribution in [1.29, 1.82) is 0 Å². The van der Waals surface area contributed by atoms with Crippen LogP contribution in [0.2, 0.25) is 0 Å². The molecule has 1 fully saturated rings. The van der Waals surface area contributed by atoms with E-state index in [9.17, 15) is 62.6 Å². The first-order valence-corrected chi connectivity index (χ1v) is 7.89. The Balaban J connectivity index is 2.74. The zero-order valence-electron chi connectivity index (χ0n) is 15.0. The lowest BCUT2D eigenvalue weighted by molar-refractivity contribution is -0.379. The highest BCUT2D eigenvalue weighted by Gasteiger charge is 2.78. The number of aliphatic hydroxyl groups is 1. The Labute approximate surface area is 169 Å². The molecule has 0 bridgehead atoms. The summed E-state index contributed by atoms with van der Waals surface area (Å²) in [6.45, 7) is 1.41. The lowest BCUT2D eigenvalue weighted by Gasteiger charge is -2.47. The van der Waals surface area contributed by atoms with Crippen molar-refractivity contribution in [2.24, 2.45) is 0 Å². The minimum atomic E-state index is -6.37. The number of hydrogen-bond donors (Lipinski definition) is 1. The molecule has 0 atom stereocenters. The number of carbonyl (C=O) groups is 1. The Morgan fingerprint density at radius 2 is 1.25 bits per heavy atom. The molecule has 0 radical (unpaired) electrons. The average molecular weight is 491 g/mol. The number of hydrogen-bond acceptors (Lipinski definition) is 3. The van der Waals surface area contributed by atoms with E-state index >= 15 is 0 Å². The van der Waals surface area contributed by atoms with Crippen LogP contribution in [0.4, 0.5) is 58.4 Å². The molecule has 180 valence electrons. The first-order chi connectivity index (χ1) is 14.1. The molecule has 4 nitrogen and oxygen atoms in total. The third-order valence-electron chi connectivity index (χ3n) is 4.41. The summed E-state index contributed by atoms with van der Waals surface area (Å²) in [5.41, 5.74) is -15.1. The second kappa shape index (κ2) is 7.26. The zero-order valence-corrected chi connectivity index (χ0v) is 15.0. The van der Waals surface area contributed by atoms with Crippen molar-refractivity contribution in [3.05, 3.63) is 42.0 Å². The lowest BCUT2D eigenvalue weighted by atomic mass is 9.91. The van der Waals surface area contributed by atoms with E-state index in [0.717, 1.165) is 0 Å². The van der Waals surface area contributed by atoms with E-state index < -0.39 is 70.3 Å². The number of carbonyl (C=O) groups excluding carboxylic acids is 1. The number of halogens is 12. The van der Waals surface area contributed by atoms with Crippen LogP contribution >= 0.6 is 0 Å². The van der Waals surface area contributed by atoms with Crippen molar-refractivity contribution in [1.82, 2.24) is 0 Å². The predicted molar refractivity (Wildman–Crippen MR) is 79.9 cm³/mol. The van der Waals surface area contributed by atoms with Crippen molar-refractivity contribution >= 4 is 11.6 Å². The van der Waals surface area contributed by atoms with Crippen molar-refractivity contribution in [3.8, 4) is 0 Å². The molecule has 0 unspecified atom stereocenters. The van der Waals surface area contributed by atoms with E-state index in [1.165, 1.54) is 0 Å². The molecular formula is C16H9F12NO3. The molecule has 1 aliphatic heterocycles. The van der Waals surface area contributed by atoms with Gasteiger partial charge < -0.3 is 9.84 Å². The number of nitrogens with zero attached hydrogens (tertiary/aromatic N) is 1. The largest absolute Gasteiger partial charge is 0.447 e. The van der Waals surface area contributed by atoms with Gasteiger partial charge in [0.05, 0.1) is 6.61 Å². The summed E-state index contributed by atoms with van der Waals surface area (Å²) in [4.78, 5) is 11.1. The van der Waals surface area contributed by atoms with Gasteiger partial charge in [0.25, 0.3) is 11.5 Å². The molecule has 1 amide bonds. The Bertz CT molecular complexity index is 867. The van der Waals surface area contributed by atoms with E-state index in [2.05, 4.69) is 11.3 Å². The highest BCUT2D eigenvalue weighted by molar-refractivity contribution is 6.07. The summed E-state index contributed by atoms with van der Waals surface area (Å²) in [5, 5.41) is 9.28. The fourth-order valence-corrected chi connectivity index (χ4v) is 2.84. The van der Waals surface area contributed by atoms with Gasteiger partial charge in [-0.25, -0.2) is 0 Å². The second-order valence-corrected chi connectivity index (χ2v) is 6.43. The van der Waals surface area contributed by atoms with Gasteiger partial charge in [-0.15, -0.1) is 0 Å². The van der Waals surface area contributed by atoms with Crippen LogP contribution in [0.5, 0.6) is 0 Å². The number of amides is 1. The normalized spacial score (nSPS) is 18.8. The standard InChI is InChI=1S/C16H9F12NO3/c1-7-6-32-12(15(23,24)25,16(26,27)28)29(10(7)30)9-4-2-8(3-5-9)11(31,13(17,18)19)14(20,21)22/h2-5,31H,1,6H2. The maximum absolute atomic E-state index is 13.5. The summed E-state index contributed by atoms with van der Waals surface area (Å²) in [6.07, 6.45) is -25.4. The van der Waals surface area contributed by atoms with E-state index in [0.29, 0.717) is 0 Å². The van der Waals surface area contributed by atoms with Crippen molar-refractivity contribution < 1.29 is 67.3 Å².